The fourth-order valence-corrected chi connectivity index (χ4v) is 1.92. The van der Waals surface area contributed by atoms with Crippen molar-refractivity contribution in [1.29, 1.82) is 0 Å². The maximum atomic E-state index is 13.5. The lowest BCUT2D eigenvalue weighted by Crippen LogP contribution is -2.16. The van der Waals surface area contributed by atoms with Crippen LogP contribution in [0.5, 0.6) is 5.75 Å². The smallest absolute Gasteiger partial charge is 0.128 e. The Balaban J connectivity index is 2.03. The van der Waals surface area contributed by atoms with E-state index in [9.17, 15) is 4.39 Å². The number of hydrogen-bond acceptors (Lipinski definition) is 3. The van der Waals surface area contributed by atoms with Crippen LogP contribution in [-0.4, -0.2) is 13.7 Å². The Morgan fingerprint density at radius 1 is 1.10 bits per heavy atom. The average molecular weight is 275 g/mol. The molecule has 2 N–H and O–H groups in total. The predicted octanol–water partition coefficient (Wildman–Crippen LogP) is 3.05. The largest absolute Gasteiger partial charge is 0.497 e. The number of nitrogens with two attached hydrogens (primary N) is 1. The third-order valence-corrected chi connectivity index (χ3v) is 3.10. The molecule has 0 fully saturated rings. The number of halogens is 1. The number of methoxy groups -OCH3 is 1. The summed E-state index contributed by atoms with van der Waals surface area (Å²) in [5, 5.41) is 0. The lowest BCUT2D eigenvalue weighted by atomic mass is 10.1. The molecule has 1 atom stereocenters. The molecule has 0 spiro atoms. The van der Waals surface area contributed by atoms with E-state index >= 15 is 0 Å². The summed E-state index contributed by atoms with van der Waals surface area (Å²) in [6.07, 6.45) is -0.263. The van der Waals surface area contributed by atoms with E-state index in [0.29, 0.717) is 12.1 Å². The summed E-state index contributed by atoms with van der Waals surface area (Å²) in [5.41, 5.74) is 7.20. The van der Waals surface area contributed by atoms with Gasteiger partial charge in [0.05, 0.1) is 19.8 Å². The third kappa shape index (κ3) is 3.56. The zero-order valence-corrected chi connectivity index (χ0v) is 11.4. The van der Waals surface area contributed by atoms with Gasteiger partial charge in [0.1, 0.15) is 11.6 Å². The molecule has 1 unspecified atom stereocenters. The third-order valence-electron chi connectivity index (χ3n) is 3.10. The lowest BCUT2D eigenvalue weighted by molar-refractivity contribution is 0.0440. The fourth-order valence-electron chi connectivity index (χ4n) is 1.92. The second-order valence-corrected chi connectivity index (χ2v) is 4.40. The molecule has 2 aromatic rings. The Morgan fingerprint density at radius 3 is 2.40 bits per heavy atom. The van der Waals surface area contributed by atoms with E-state index < -0.39 is 0 Å². The Bertz CT molecular complexity index is 542. The quantitative estimate of drug-likeness (QED) is 0.881. The Kier molecular flexibility index (Phi) is 5.09. The molecule has 106 valence electrons. The van der Waals surface area contributed by atoms with Crippen LogP contribution in [0.1, 0.15) is 17.2 Å². The minimum atomic E-state index is -0.266. The molecular formula is C16H18FNO2. The van der Waals surface area contributed by atoms with Gasteiger partial charge in [-0.05, 0) is 23.8 Å². The van der Waals surface area contributed by atoms with E-state index in [0.717, 1.165) is 11.3 Å². The Hall–Kier alpha value is -1.91. The molecule has 20 heavy (non-hydrogen) atoms. The van der Waals surface area contributed by atoms with Crippen molar-refractivity contribution in [3.8, 4) is 5.75 Å². The molecule has 0 aliphatic heterocycles. The van der Waals surface area contributed by atoms with Crippen LogP contribution >= 0.6 is 0 Å². The van der Waals surface area contributed by atoms with Crippen LogP contribution in [0.3, 0.4) is 0 Å². The highest BCUT2D eigenvalue weighted by Crippen LogP contribution is 2.21. The summed E-state index contributed by atoms with van der Waals surface area (Å²) >= 11 is 0. The van der Waals surface area contributed by atoms with E-state index in [1.165, 1.54) is 6.07 Å². The maximum absolute atomic E-state index is 13.5. The molecule has 0 amide bonds. The topological polar surface area (TPSA) is 44.5 Å². The molecule has 0 aliphatic carbocycles. The van der Waals surface area contributed by atoms with Gasteiger partial charge in [0.2, 0.25) is 0 Å². The van der Waals surface area contributed by atoms with Crippen molar-refractivity contribution < 1.29 is 13.9 Å². The summed E-state index contributed by atoms with van der Waals surface area (Å²) in [7, 11) is 1.62. The van der Waals surface area contributed by atoms with E-state index in [1.807, 2.05) is 24.3 Å². The molecule has 0 bridgehead atoms. The van der Waals surface area contributed by atoms with Gasteiger partial charge in [-0.2, -0.15) is 0 Å². The van der Waals surface area contributed by atoms with Crippen LogP contribution in [0.2, 0.25) is 0 Å². The van der Waals surface area contributed by atoms with Gasteiger partial charge in [-0.1, -0.05) is 30.3 Å². The molecule has 0 saturated heterocycles. The van der Waals surface area contributed by atoms with Crippen LogP contribution in [-0.2, 0) is 11.3 Å². The van der Waals surface area contributed by atoms with Gasteiger partial charge >= 0.3 is 0 Å². The van der Waals surface area contributed by atoms with Crippen molar-refractivity contribution in [2.75, 3.05) is 13.7 Å². The highest BCUT2D eigenvalue weighted by atomic mass is 19.1. The van der Waals surface area contributed by atoms with Gasteiger partial charge in [0.15, 0.2) is 0 Å². The van der Waals surface area contributed by atoms with Gasteiger partial charge < -0.3 is 15.2 Å². The summed E-state index contributed by atoms with van der Waals surface area (Å²) in [4.78, 5) is 0. The molecule has 2 aromatic carbocycles. The van der Waals surface area contributed by atoms with Crippen molar-refractivity contribution in [3.05, 3.63) is 65.5 Å². The Morgan fingerprint density at radius 2 is 1.80 bits per heavy atom. The summed E-state index contributed by atoms with van der Waals surface area (Å²) in [6.45, 7) is 0.529. The van der Waals surface area contributed by atoms with Crippen molar-refractivity contribution >= 4 is 0 Å². The molecular weight excluding hydrogens is 257 g/mol. The zero-order valence-electron chi connectivity index (χ0n) is 11.4. The highest BCUT2D eigenvalue weighted by Gasteiger charge is 2.11. The molecule has 3 nitrogen and oxygen atoms in total. The average Bonchev–Trinajstić information content (AvgIpc) is 2.50. The maximum Gasteiger partial charge on any atom is 0.128 e. The first kappa shape index (κ1) is 14.5. The predicted molar refractivity (Wildman–Crippen MR) is 76.0 cm³/mol. The van der Waals surface area contributed by atoms with Crippen LogP contribution in [0.4, 0.5) is 4.39 Å². The summed E-state index contributed by atoms with van der Waals surface area (Å²) in [6, 6.07) is 14.1. The monoisotopic (exact) mass is 275 g/mol. The molecule has 4 heteroatoms. The summed E-state index contributed by atoms with van der Waals surface area (Å²) in [5.74, 6) is 0.511. The first-order chi connectivity index (χ1) is 9.74. The SMILES string of the molecule is COc1ccc(C(CN)OCc2ccccc2F)cc1. The van der Waals surface area contributed by atoms with Gasteiger partial charge in [-0.25, -0.2) is 4.39 Å². The van der Waals surface area contributed by atoms with Crippen LogP contribution in [0, 0.1) is 5.82 Å². The van der Waals surface area contributed by atoms with Crippen molar-refractivity contribution in [3.63, 3.8) is 0 Å². The molecule has 0 radical (unpaired) electrons. The number of rotatable bonds is 6. The first-order valence-electron chi connectivity index (χ1n) is 6.43. The van der Waals surface area contributed by atoms with E-state index in [4.69, 9.17) is 15.2 Å². The lowest BCUT2D eigenvalue weighted by Gasteiger charge is -2.17. The van der Waals surface area contributed by atoms with Gasteiger partial charge in [-0.3, -0.25) is 0 Å². The number of benzene rings is 2. The van der Waals surface area contributed by atoms with Crippen LogP contribution in [0.15, 0.2) is 48.5 Å². The molecule has 0 heterocycles. The van der Waals surface area contributed by atoms with E-state index in [2.05, 4.69) is 0 Å². The normalized spacial score (nSPS) is 12.2. The minimum absolute atomic E-state index is 0.195. The Labute approximate surface area is 118 Å². The molecule has 2 rings (SSSR count). The number of hydrogen-bond donors (Lipinski definition) is 1. The fraction of sp³-hybridized carbons (Fsp3) is 0.250. The molecule has 0 aromatic heterocycles. The van der Waals surface area contributed by atoms with Gasteiger partial charge in [0, 0.05) is 12.1 Å². The minimum Gasteiger partial charge on any atom is -0.497 e. The van der Waals surface area contributed by atoms with Crippen molar-refractivity contribution in [1.82, 2.24) is 0 Å². The summed E-state index contributed by atoms with van der Waals surface area (Å²) < 4.78 is 24.3. The van der Waals surface area contributed by atoms with Gasteiger partial charge in [0.25, 0.3) is 0 Å². The standard InChI is InChI=1S/C16H18FNO2/c1-19-14-8-6-12(7-9-14)16(10-18)20-11-13-4-2-3-5-15(13)17/h2-9,16H,10-11,18H2,1H3. The van der Waals surface area contributed by atoms with E-state index in [1.54, 1.807) is 25.3 Å². The van der Waals surface area contributed by atoms with Crippen LogP contribution in [0.25, 0.3) is 0 Å². The molecule has 0 aliphatic rings. The highest BCUT2D eigenvalue weighted by molar-refractivity contribution is 5.28. The molecule has 0 saturated carbocycles. The van der Waals surface area contributed by atoms with Crippen molar-refractivity contribution in [2.45, 2.75) is 12.7 Å². The van der Waals surface area contributed by atoms with E-state index in [-0.39, 0.29) is 18.5 Å². The second kappa shape index (κ2) is 7.03. The second-order valence-electron chi connectivity index (χ2n) is 4.40. The van der Waals surface area contributed by atoms with Crippen molar-refractivity contribution in [2.24, 2.45) is 5.73 Å². The van der Waals surface area contributed by atoms with Crippen LogP contribution < -0.4 is 10.5 Å². The van der Waals surface area contributed by atoms with Gasteiger partial charge in [-0.15, -0.1) is 0 Å². The number of ether oxygens (including phenoxy) is 2. The zero-order chi connectivity index (χ0) is 14.4. The first-order valence-corrected chi connectivity index (χ1v) is 6.43.